The molecule has 0 bridgehead atoms. The average Bonchev–Trinajstić information content (AvgIpc) is 2.73. The summed E-state index contributed by atoms with van der Waals surface area (Å²) in [4.78, 5) is 12.3. The fraction of sp³-hybridized carbons (Fsp3) is 0.409. The van der Waals surface area contributed by atoms with E-state index in [2.05, 4.69) is 0 Å². The quantitative estimate of drug-likeness (QED) is 0.425. The SMILES string of the molecule is C[C@@H](CC(=O)Oc1cccc([C@H]2O[C@H](CO)[C@@H](O)[C@H](O)[C@@H]2O)c1)c1ccccc1. The number of esters is 1. The number of ether oxygens (including phenoxy) is 2. The Balaban J connectivity index is 1.68. The summed E-state index contributed by atoms with van der Waals surface area (Å²) in [5.74, 6) is -0.116. The second-order valence-electron chi connectivity index (χ2n) is 7.31. The minimum Gasteiger partial charge on any atom is -0.427 e. The van der Waals surface area contributed by atoms with Gasteiger partial charge in [-0.25, -0.2) is 0 Å². The predicted octanol–water partition coefficient (Wildman–Crippen LogP) is 1.30. The number of carbonyl (C=O) groups excluding carboxylic acids is 1. The fourth-order valence-electron chi connectivity index (χ4n) is 3.45. The summed E-state index contributed by atoms with van der Waals surface area (Å²) in [7, 11) is 0. The molecule has 3 rings (SSSR count). The van der Waals surface area contributed by atoms with Crippen molar-refractivity contribution in [3.63, 3.8) is 0 Å². The van der Waals surface area contributed by atoms with Crippen LogP contribution in [0.15, 0.2) is 54.6 Å². The van der Waals surface area contributed by atoms with Gasteiger partial charge in [0.2, 0.25) is 0 Å². The zero-order valence-electron chi connectivity index (χ0n) is 16.1. The molecule has 2 aromatic carbocycles. The first-order chi connectivity index (χ1) is 13.9. The van der Waals surface area contributed by atoms with E-state index in [1.54, 1.807) is 18.2 Å². The molecule has 0 radical (unpaired) electrons. The van der Waals surface area contributed by atoms with Crippen molar-refractivity contribution >= 4 is 5.97 Å². The maximum absolute atomic E-state index is 12.3. The lowest BCUT2D eigenvalue weighted by Gasteiger charge is -2.40. The molecule has 0 unspecified atom stereocenters. The zero-order chi connectivity index (χ0) is 21.0. The highest BCUT2D eigenvalue weighted by molar-refractivity contribution is 5.73. The predicted molar refractivity (Wildman–Crippen MR) is 104 cm³/mol. The van der Waals surface area contributed by atoms with Crippen LogP contribution in [-0.2, 0) is 9.53 Å². The van der Waals surface area contributed by atoms with E-state index in [9.17, 15) is 25.2 Å². The summed E-state index contributed by atoms with van der Waals surface area (Å²) in [6, 6.07) is 16.1. The summed E-state index contributed by atoms with van der Waals surface area (Å²) in [6.07, 6.45) is -6.06. The fourth-order valence-corrected chi connectivity index (χ4v) is 3.45. The molecule has 0 aliphatic carbocycles. The molecule has 0 aromatic heterocycles. The number of carbonyl (C=O) groups is 1. The van der Waals surface area contributed by atoms with Crippen LogP contribution in [0, 0.1) is 0 Å². The van der Waals surface area contributed by atoms with E-state index in [4.69, 9.17) is 9.47 Å². The number of hydrogen-bond donors (Lipinski definition) is 4. The molecule has 0 amide bonds. The first kappa shape index (κ1) is 21.4. The largest absolute Gasteiger partial charge is 0.427 e. The van der Waals surface area contributed by atoms with E-state index in [0.29, 0.717) is 5.56 Å². The Morgan fingerprint density at radius 1 is 1.03 bits per heavy atom. The normalized spacial score (nSPS) is 28.0. The lowest BCUT2D eigenvalue weighted by Crippen LogP contribution is -2.55. The highest BCUT2D eigenvalue weighted by Gasteiger charge is 2.44. The van der Waals surface area contributed by atoms with Crippen LogP contribution in [0.25, 0.3) is 0 Å². The summed E-state index contributed by atoms with van der Waals surface area (Å²) in [6.45, 7) is 1.44. The van der Waals surface area contributed by atoms with Crippen molar-refractivity contribution < 1.29 is 34.7 Å². The molecular formula is C22H26O7. The number of aliphatic hydroxyl groups is 4. The van der Waals surface area contributed by atoms with E-state index in [1.165, 1.54) is 6.07 Å². The molecule has 1 aliphatic heterocycles. The van der Waals surface area contributed by atoms with E-state index >= 15 is 0 Å². The summed E-state index contributed by atoms with van der Waals surface area (Å²) in [5, 5.41) is 39.5. The Morgan fingerprint density at radius 3 is 2.45 bits per heavy atom. The van der Waals surface area contributed by atoms with E-state index in [-0.39, 0.29) is 18.1 Å². The van der Waals surface area contributed by atoms with Gasteiger partial charge in [0.1, 0.15) is 36.3 Å². The summed E-state index contributed by atoms with van der Waals surface area (Å²) in [5.41, 5.74) is 1.50. The maximum atomic E-state index is 12.3. The molecule has 29 heavy (non-hydrogen) atoms. The summed E-state index contributed by atoms with van der Waals surface area (Å²) < 4.78 is 11.0. The van der Waals surface area contributed by atoms with E-state index in [1.807, 2.05) is 37.3 Å². The van der Waals surface area contributed by atoms with Crippen LogP contribution in [0.5, 0.6) is 5.75 Å². The van der Waals surface area contributed by atoms with Crippen molar-refractivity contribution in [1.82, 2.24) is 0 Å². The van der Waals surface area contributed by atoms with Crippen LogP contribution in [0.4, 0.5) is 0 Å². The van der Waals surface area contributed by atoms with Crippen molar-refractivity contribution in [2.24, 2.45) is 0 Å². The molecule has 1 heterocycles. The van der Waals surface area contributed by atoms with Crippen molar-refractivity contribution in [1.29, 1.82) is 0 Å². The maximum Gasteiger partial charge on any atom is 0.311 e. The third kappa shape index (κ3) is 5.01. The van der Waals surface area contributed by atoms with Gasteiger partial charge in [0.05, 0.1) is 13.0 Å². The van der Waals surface area contributed by atoms with Crippen LogP contribution < -0.4 is 4.74 Å². The molecule has 0 saturated carbocycles. The Bertz CT molecular complexity index is 808. The topological polar surface area (TPSA) is 116 Å². The second-order valence-corrected chi connectivity index (χ2v) is 7.31. The second kappa shape index (κ2) is 9.47. The van der Waals surface area contributed by atoms with Gasteiger partial charge in [-0.2, -0.15) is 0 Å². The third-order valence-electron chi connectivity index (χ3n) is 5.15. The smallest absolute Gasteiger partial charge is 0.311 e. The number of hydrogen-bond acceptors (Lipinski definition) is 7. The van der Waals surface area contributed by atoms with Gasteiger partial charge in [-0.05, 0) is 29.2 Å². The van der Waals surface area contributed by atoms with Gasteiger partial charge in [0.25, 0.3) is 0 Å². The first-order valence-electron chi connectivity index (χ1n) is 9.56. The molecule has 7 heteroatoms. The molecule has 1 aliphatic rings. The molecule has 7 nitrogen and oxygen atoms in total. The van der Waals surface area contributed by atoms with Gasteiger partial charge >= 0.3 is 5.97 Å². The average molecular weight is 402 g/mol. The minimum atomic E-state index is -1.47. The lowest BCUT2D eigenvalue weighted by molar-refractivity contribution is -0.231. The van der Waals surface area contributed by atoms with Gasteiger partial charge < -0.3 is 29.9 Å². The highest BCUT2D eigenvalue weighted by Crippen LogP contribution is 2.33. The highest BCUT2D eigenvalue weighted by atomic mass is 16.5. The Morgan fingerprint density at radius 2 is 1.76 bits per heavy atom. The van der Waals surface area contributed by atoms with Gasteiger partial charge in [-0.15, -0.1) is 0 Å². The molecule has 2 aromatic rings. The molecular weight excluding hydrogens is 376 g/mol. The van der Waals surface area contributed by atoms with Crippen LogP contribution in [0.2, 0.25) is 0 Å². The van der Waals surface area contributed by atoms with Gasteiger partial charge in [-0.1, -0.05) is 49.4 Å². The summed E-state index contributed by atoms with van der Waals surface area (Å²) >= 11 is 0. The van der Waals surface area contributed by atoms with Crippen LogP contribution >= 0.6 is 0 Å². The van der Waals surface area contributed by atoms with Crippen LogP contribution in [-0.4, -0.2) is 57.4 Å². The van der Waals surface area contributed by atoms with Crippen molar-refractivity contribution in [2.75, 3.05) is 6.61 Å². The monoisotopic (exact) mass is 402 g/mol. The molecule has 156 valence electrons. The number of aliphatic hydroxyl groups excluding tert-OH is 4. The van der Waals surface area contributed by atoms with Crippen molar-refractivity contribution in [3.8, 4) is 5.75 Å². The van der Waals surface area contributed by atoms with Crippen molar-refractivity contribution in [3.05, 3.63) is 65.7 Å². The van der Waals surface area contributed by atoms with Crippen molar-refractivity contribution in [2.45, 2.75) is 49.8 Å². The van der Waals surface area contributed by atoms with E-state index < -0.39 is 43.1 Å². The molecule has 0 spiro atoms. The number of rotatable bonds is 6. The van der Waals surface area contributed by atoms with Gasteiger partial charge in [0.15, 0.2) is 0 Å². The van der Waals surface area contributed by atoms with Gasteiger partial charge in [0, 0.05) is 0 Å². The van der Waals surface area contributed by atoms with Crippen LogP contribution in [0.3, 0.4) is 0 Å². The van der Waals surface area contributed by atoms with Crippen LogP contribution in [0.1, 0.15) is 36.5 Å². The third-order valence-corrected chi connectivity index (χ3v) is 5.15. The zero-order valence-corrected chi connectivity index (χ0v) is 16.1. The minimum absolute atomic E-state index is 0.00247. The Kier molecular flexibility index (Phi) is 7.00. The molecule has 4 N–H and O–H groups in total. The standard InChI is InChI=1S/C22H26O7/c1-13(14-6-3-2-4-7-14)10-18(24)28-16-9-5-8-15(11-16)22-21(27)20(26)19(25)17(12-23)29-22/h2-9,11,13,17,19-23,25-27H,10,12H2,1H3/t13-,17+,19+,20-,21-,22+/m0/s1. The van der Waals surface area contributed by atoms with Gasteiger partial charge in [-0.3, -0.25) is 4.79 Å². The Labute approximate surface area is 169 Å². The molecule has 1 fully saturated rings. The van der Waals surface area contributed by atoms with E-state index in [0.717, 1.165) is 5.56 Å². The number of benzene rings is 2. The lowest BCUT2D eigenvalue weighted by atomic mass is 9.91. The first-order valence-corrected chi connectivity index (χ1v) is 9.56. The Hall–Kier alpha value is -2.29. The molecule has 6 atom stereocenters. The molecule has 1 saturated heterocycles.